The van der Waals surface area contributed by atoms with E-state index in [0.29, 0.717) is 12.0 Å². The van der Waals surface area contributed by atoms with E-state index in [1.807, 2.05) is 30.3 Å². The van der Waals surface area contributed by atoms with Crippen LogP contribution in [0.4, 0.5) is 0 Å². The number of benzene rings is 1. The molecule has 0 fully saturated rings. The van der Waals surface area contributed by atoms with Gasteiger partial charge in [-0.3, -0.25) is 4.79 Å². The van der Waals surface area contributed by atoms with Crippen molar-refractivity contribution in [2.45, 2.75) is 40.2 Å². The molecule has 1 aromatic carbocycles. The van der Waals surface area contributed by atoms with E-state index >= 15 is 0 Å². The molecule has 0 radical (unpaired) electrons. The molecule has 1 N–H and O–H groups in total. The van der Waals surface area contributed by atoms with E-state index in [1.54, 1.807) is 0 Å². The molecular weight excluding hydrogens is 238 g/mol. The third-order valence-corrected chi connectivity index (χ3v) is 2.77. The number of carbonyl (C=O) groups excluding carboxylic acids is 1. The van der Waals surface area contributed by atoms with Gasteiger partial charge in [0.1, 0.15) is 6.61 Å². The molecule has 0 heterocycles. The maximum Gasteiger partial charge on any atom is 0.246 e. The normalized spacial score (nSPS) is 11.3. The molecular formula is C16H25NO2. The summed E-state index contributed by atoms with van der Waals surface area (Å²) >= 11 is 0. The van der Waals surface area contributed by atoms with Gasteiger partial charge in [-0.1, -0.05) is 51.1 Å². The van der Waals surface area contributed by atoms with Crippen LogP contribution in [-0.4, -0.2) is 19.1 Å². The van der Waals surface area contributed by atoms with Crippen LogP contribution in [0.1, 0.15) is 39.2 Å². The first kappa shape index (κ1) is 15.7. The highest BCUT2D eigenvalue weighted by Crippen LogP contribution is 2.19. The van der Waals surface area contributed by atoms with Crippen LogP contribution in [0.3, 0.4) is 0 Å². The Morgan fingerprint density at radius 3 is 2.53 bits per heavy atom. The van der Waals surface area contributed by atoms with Crippen LogP contribution in [0.15, 0.2) is 30.3 Å². The van der Waals surface area contributed by atoms with E-state index < -0.39 is 0 Å². The van der Waals surface area contributed by atoms with E-state index in [-0.39, 0.29) is 12.5 Å². The van der Waals surface area contributed by atoms with Gasteiger partial charge in [-0.15, -0.1) is 0 Å². The van der Waals surface area contributed by atoms with Crippen LogP contribution >= 0.6 is 0 Å². The second-order valence-corrected chi connectivity index (χ2v) is 5.99. The van der Waals surface area contributed by atoms with Gasteiger partial charge < -0.3 is 10.1 Å². The third kappa shape index (κ3) is 8.38. The highest BCUT2D eigenvalue weighted by Gasteiger charge is 2.09. The van der Waals surface area contributed by atoms with E-state index in [2.05, 4.69) is 26.1 Å². The molecule has 0 saturated heterocycles. The summed E-state index contributed by atoms with van der Waals surface area (Å²) in [6.45, 7) is 7.96. The molecule has 19 heavy (non-hydrogen) atoms. The zero-order valence-corrected chi connectivity index (χ0v) is 12.2. The average molecular weight is 263 g/mol. The second kappa shape index (κ2) is 7.95. The van der Waals surface area contributed by atoms with Crippen molar-refractivity contribution >= 4 is 5.91 Å². The van der Waals surface area contributed by atoms with Crippen molar-refractivity contribution in [1.29, 1.82) is 0 Å². The van der Waals surface area contributed by atoms with E-state index in [0.717, 1.165) is 24.9 Å². The second-order valence-electron chi connectivity index (χ2n) is 5.99. The molecule has 0 bridgehead atoms. The van der Waals surface area contributed by atoms with Crippen LogP contribution in [-0.2, 0) is 16.1 Å². The van der Waals surface area contributed by atoms with Crippen molar-refractivity contribution in [2.24, 2.45) is 5.41 Å². The van der Waals surface area contributed by atoms with E-state index in [9.17, 15) is 4.79 Å². The predicted octanol–water partition coefficient (Wildman–Crippen LogP) is 3.15. The lowest BCUT2D eigenvalue weighted by molar-refractivity contribution is -0.126. The first-order valence-electron chi connectivity index (χ1n) is 6.86. The molecule has 0 aliphatic rings. The maximum absolute atomic E-state index is 11.5. The van der Waals surface area contributed by atoms with Gasteiger partial charge in [0.2, 0.25) is 5.91 Å². The topological polar surface area (TPSA) is 38.3 Å². The summed E-state index contributed by atoms with van der Waals surface area (Å²) < 4.78 is 5.37. The molecule has 0 aliphatic carbocycles. The molecule has 0 saturated carbocycles. The van der Waals surface area contributed by atoms with Gasteiger partial charge in [-0.05, 0) is 23.8 Å². The maximum atomic E-state index is 11.5. The molecule has 1 rings (SSSR count). The Kier molecular flexibility index (Phi) is 6.57. The first-order chi connectivity index (χ1) is 8.97. The minimum atomic E-state index is -0.0372. The fourth-order valence-electron chi connectivity index (χ4n) is 1.73. The van der Waals surface area contributed by atoms with Crippen LogP contribution < -0.4 is 5.32 Å². The molecule has 1 amide bonds. The molecule has 3 nitrogen and oxygen atoms in total. The SMILES string of the molecule is CC(C)(C)CCCNC(=O)COCc1ccccc1. The molecule has 0 aromatic heterocycles. The van der Waals surface area contributed by atoms with Crippen molar-refractivity contribution < 1.29 is 9.53 Å². The van der Waals surface area contributed by atoms with Crippen molar-refractivity contribution in [2.75, 3.05) is 13.2 Å². The quantitative estimate of drug-likeness (QED) is 0.767. The Morgan fingerprint density at radius 1 is 1.21 bits per heavy atom. The Hall–Kier alpha value is -1.35. The molecule has 0 atom stereocenters. The van der Waals surface area contributed by atoms with Crippen molar-refractivity contribution in [1.82, 2.24) is 5.32 Å². The lowest BCUT2D eigenvalue weighted by Gasteiger charge is -2.17. The fraction of sp³-hybridized carbons (Fsp3) is 0.562. The predicted molar refractivity (Wildman–Crippen MR) is 77.8 cm³/mol. The number of carbonyl (C=O) groups is 1. The summed E-state index contributed by atoms with van der Waals surface area (Å²) in [7, 11) is 0. The van der Waals surface area contributed by atoms with Gasteiger partial charge in [0.15, 0.2) is 0 Å². The molecule has 3 heteroatoms. The molecule has 0 aliphatic heterocycles. The summed E-state index contributed by atoms with van der Waals surface area (Å²) in [5, 5.41) is 2.88. The van der Waals surface area contributed by atoms with Crippen molar-refractivity contribution in [3.05, 3.63) is 35.9 Å². The number of ether oxygens (including phenoxy) is 1. The molecule has 106 valence electrons. The first-order valence-corrected chi connectivity index (χ1v) is 6.86. The minimum Gasteiger partial charge on any atom is -0.367 e. The van der Waals surface area contributed by atoms with Gasteiger partial charge in [0.05, 0.1) is 6.61 Å². The highest BCUT2D eigenvalue weighted by atomic mass is 16.5. The summed E-state index contributed by atoms with van der Waals surface area (Å²) in [4.78, 5) is 11.5. The van der Waals surface area contributed by atoms with Gasteiger partial charge >= 0.3 is 0 Å². The zero-order chi connectivity index (χ0) is 14.1. The van der Waals surface area contributed by atoms with Crippen molar-refractivity contribution in [3.8, 4) is 0 Å². The summed E-state index contributed by atoms with van der Waals surface area (Å²) in [6.07, 6.45) is 2.12. The van der Waals surface area contributed by atoms with Crippen molar-refractivity contribution in [3.63, 3.8) is 0 Å². The average Bonchev–Trinajstić information content (AvgIpc) is 2.35. The van der Waals surface area contributed by atoms with Crippen LogP contribution in [0, 0.1) is 5.41 Å². The van der Waals surface area contributed by atoms with Gasteiger partial charge in [-0.25, -0.2) is 0 Å². The number of hydrogen-bond donors (Lipinski definition) is 1. The van der Waals surface area contributed by atoms with Gasteiger partial charge in [0.25, 0.3) is 0 Å². The summed E-state index contributed by atoms with van der Waals surface area (Å²) in [5.74, 6) is -0.0372. The fourth-order valence-corrected chi connectivity index (χ4v) is 1.73. The molecule has 0 unspecified atom stereocenters. The summed E-state index contributed by atoms with van der Waals surface area (Å²) in [6, 6.07) is 9.87. The van der Waals surface area contributed by atoms with Crippen LogP contribution in [0.2, 0.25) is 0 Å². The number of hydrogen-bond acceptors (Lipinski definition) is 2. The lowest BCUT2D eigenvalue weighted by atomic mass is 9.91. The number of rotatable bonds is 7. The largest absolute Gasteiger partial charge is 0.367 e. The standard InChI is InChI=1S/C16H25NO2/c1-16(2,3)10-7-11-17-15(18)13-19-12-14-8-5-4-6-9-14/h4-6,8-9H,7,10-13H2,1-3H3,(H,17,18). The smallest absolute Gasteiger partial charge is 0.246 e. The van der Waals surface area contributed by atoms with E-state index in [1.165, 1.54) is 0 Å². The highest BCUT2D eigenvalue weighted by molar-refractivity contribution is 5.77. The molecule has 1 aromatic rings. The Bertz CT molecular complexity index is 368. The van der Waals surface area contributed by atoms with Crippen LogP contribution in [0.5, 0.6) is 0 Å². The number of nitrogens with one attached hydrogen (secondary N) is 1. The summed E-state index contributed by atoms with van der Waals surface area (Å²) in [5.41, 5.74) is 1.41. The monoisotopic (exact) mass is 263 g/mol. The Labute approximate surface area is 116 Å². The van der Waals surface area contributed by atoms with E-state index in [4.69, 9.17) is 4.74 Å². The Balaban J connectivity index is 2.05. The molecule has 0 spiro atoms. The Morgan fingerprint density at radius 2 is 1.89 bits per heavy atom. The number of amides is 1. The van der Waals surface area contributed by atoms with Gasteiger partial charge in [0, 0.05) is 6.54 Å². The third-order valence-electron chi connectivity index (χ3n) is 2.77. The minimum absolute atomic E-state index is 0.0372. The van der Waals surface area contributed by atoms with Gasteiger partial charge in [-0.2, -0.15) is 0 Å². The van der Waals surface area contributed by atoms with Crippen LogP contribution in [0.25, 0.3) is 0 Å². The lowest BCUT2D eigenvalue weighted by Crippen LogP contribution is -2.29. The zero-order valence-electron chi connectivity index (χ0n) is 12.2.